The van der Waals surface area contributed by atoms with Crippen LogP contribution in [0.15, 0.2) is 84.5 Å². The van der Waals surface area contributed by atoms with Gasteiger partial charge in [-0.25, -0.2) is 5.43 Å². The van der Waals surface area contributed by atoms with Crippen molar-refractivity contribution in [2.75, 3.05) is 0 Å². The van der Waals surface area contributed by atoms with Crippen LogP contribution in [0.3, 0.4) is 0 Å². The van der Waals surface area contributed by atoms with Gasteiger partial charge in [0.2, 0.25) is 0 Å². The molecule has 25 heavy (non-hydrogen) atoms. The van der Waals surface area contributed by atoms with Crippen LogP contribution in [0.4, 0.5) is 0 Å². The summed E-state index contributed by atoms with van der Waals surface area (Å²) in [5.74, 6) is 0. The van der Waals surface area contributed by atoms with Crippen LogP contribution in [0.5, 0.6) is 0 Å². The quantitative estimate of drug-likeness (QED) is 0.645. The predicted octanol–water partition coefficient (Wildman–Crippen LogP) is 5.04. The van der Waals surface area contributed by atoms with Crippen molar-refractivity contribution in [3.8, 4) is 11.1 Å². The van der Waals surface area contributed by atoms with Crippen LogP contribution >= 0.6 is 0 Å². The van der Waals surface area contributed by atoms with Crippen molar-refractivity contribution in [2.24, 2.45) is 0 Å². The molecule has 5 rings (SSSR count). The van der Waals surface area contributed by atoms with E-state index in [0.29, 0.717) is 6.04 Å². The average Bonchev–Trinajstić information content (AvgIpc) is 3.12. The molecular formula is C23H20N2. The largest absolute Gasteiger partial charge is 0.320 e. The second kappa shape index (κ2) is 5.91. The lowest BCUT2D eigenvalue weighted by molar-refractivity contribution is 0.631. The van der Waals surface area contributed by atoms with Gasteiger partial charge in [-0.2, -0.15) is 0 Å². The lowest BCUT2D eigenvalue weighted by atomic mass is 9.92. The fourth-order valence-corrected chi connectivity index (χ4v) is 3.94. The van der Waals surface area contributed by atoms with E-state index in [2.05, 4.69) is 89.7 Å². The number of benzene rings is 3. The molecule has 0 radical (unpaired) electrons. The summed E-state index contributed by atoms with van der Waals surface area (Å²) in [6.45, 7) is 0. The van der Waals surface area contributed by atoms with Gasteiger partial charge in [-0.15, -0.1) is 0 Å². The molecule has 0 bridgehead atoms. The molecule has 1 heterocycles. The molecule has 1 aliphatic heterocycles. The smallest absolute Gasteiger partial charge is 0.0674 e. The highest BCUT2D eigenvalue weighted by atomic mass is 15.4. The topological polar surface area (TPSA) is 24.1 Å². The van der Waals surface area contributed by atoms with Gasteiger partial charge in [0.05, 0.1) is 11.7 Å². The Hall–Kier alpha value is -2.84. The highest BCUT2D eigenvalue weighted by Gasteiger charge is 2.25. The van der Waals surface area contributed by atoms with E-state index in [1.807, 2.05) is 0 Å². The van der Waals surface area contributed by atoms with Crippen molar-refractivity contribution in [3.63, 3.8) is 0 Å². The first-order valence-corrected chi connectivity index (χ1v) is 8.90. The first-order valence-electron chi connectivity index (χ1n) is 8.90. The average molecular weight is 324 g/mol. The van der Waals surface area contributed by atoms with Gasteiger partial charge in [0, 0.05) is 0 Å². The molecule has 2 heteroatoms. The van der Waals surface area contributed by atoms with Crippen molar-refractivity contribution in [1.29, 1.82) is 0 Å². The highest BCUT2D eigenvalue weighted by molar-refractivity contribution is 5.96. The summed E-state index contributed by atoms with van der Waals surface area (Å²) in [7, 11) is 0. The second-order valence-corrected chi connectivity index (χ2v) is 6.72. The molecule has 0 saturated carbocycles. The molecule has 122 valence electrons. The Kier molecular flexibility index (Phi) is 3.43. The highest BCUT2D eigenvalue weighted by Crippen LogP contribution is 2.32. The number of fused-ring (bicyclic) bond motifs is 2. The zero-order chi connectivity index (χ0) is 16.6. The Morgan fingerprint density at radius 3 is 2.52 bits per heavy atom. The number of nitrogens with one attached hydrogen (secondary N) is 2. The van der Waals surface area contributed by atoms with Gasteiger partial charge < -0.3 is 5.43 Å². The molecule has 2 nitrogen and oxygen atoms in total. The van der Waals surface area contributed by atoms with Gasteiger partial charge in [-0.3, -0.25) is 0 Å². The molecule has 2 N–H and O–H groups in total. The molecule has 1 aliphatic carbocycles. The van der Waals surface area contributed by atoms with Gasteiger partial charge >= 0.3 is 0 Å². The molecular weight excluding hydrogens is 304 g/mol. The predicted molar refractivity (Wildman–Crippen MR) is 105 cm³/mol. The van der Waals surface area contributed by atoms with Crippen molar-refractivity contribution < 1.29 is 0 Å². The lowest BCUT2D eigenvalue weighted by Crippen LogP contribution is -2.31. The number of rotatable bonds is 2. The van der Waals surface area contributed by atoms with Crippen LogP contribution in [0.1, 0.15) is 18.4 Å². The molecule has 2 aliphatic rings. The molecule has 0 amide bonds. The lowest BCUT2D eigenvalue weighted by Gasteiger charge is -2.14. The molecule has 0 saturated heterocycles. The first-order chi connectivity index (χ1) is 12.4. The third-order valence-electron chi connectivity index (χ3n) is 5.23. The molecule has 1 unspecified atom stereocenters. The third-order valence-corrected chi connectivity index (χ3v) is 5.23. The van der Waals surface area contributed by atoms with Gasteiger partial charge in [0.25, 0.3) is 0 Å². The maximum Gasteiger partial charge on any atom is 0.0674 e. The maximum atomic E-state index is 3.38. The van der Waals surface area contributed by atoms with E-state index in [1.165, 1.54) is 38.7 Å². The molecule has 0 fully saturated rings. The first kappa shape index (κ1) is 14.5. The van der Waals surface area contributed by atoms with Crippen LogP contribution in [-0.2, 0) is 0 Å². The Bertz CT molecular complexity index is 991. The normalized spacial score (nSPS) is 19.1. The van der Waals surface area contributed by atoms with Crippen LogP contribution in [0.2, 0.25) is 0 Å². The summed E-state index contributed by atoms with van der Waals surface area (Å²) in [5.41, 5.74) is 13.3. The minimum absolute atomic E-state index is 0.349. The SMILES string of the molecule is C1=CC2NNC(c3ccc(-c4cccc5ccccc45)cc3)=C2CC1. The van der Waals surface area contributed by atoms with Gasteiger partial charge in [-0.1, -0.05) is 78.9 Å². The Labute approximate surface area is 147 Å². The Morgan fingerprint density at radius 1 is 0.800 bits per heavy atom. The summed E-state index contributed by atoms with van der Waals surface area (Å²) < 4.78 is 0. The van der Waals surface area contributed by atoms with Crippen LogP contribution < -0.4 is 10.9 Å². The summed E-state index contributed by atoms with van der Waals surface area (Å²) >= 11 is 0. The monoisotopic (exact) mass is 324 g/mol. The Morgan fingerprint density at radius 2 is 1.60 bits per heavy atom. The molecule has 0 aromatic heterocycles. The zero-order valence-corrected chi connectivity index (χ0v) is 14.0. The number of allylic oxidation sites excluding steroid dienone is 1. The maximum absolute atomic E-state index is 3.38. The van der Waals surface area contributed by atoms with Crippen molar-refractivity contribution in [1.82, 2.24) is 10.9 Å². The van der Waals surface area contributed by atoms with Gasteiger partial charge in [0.1, 0.15) is 0 Å². The molecule has 1 atom stereocenters. The summed E-state index contributed by atoms with van der Waals surface area (Å²) in [4.78, 5) is 0. The molecule has 3 aromatic carbocycles. The second-order valence-electron chi connectivity index (χ2n) is 6.72. The molecule has 0 spiro atoms. The van der Waals surface area contributed by atoms with Gasteiger partial charge in [-0.05, 0) is 45.9 Å². The standard InChI is InChI=1S/C23H20N2/c1-2-8-19-16(6-1)7-5-10-20(19)17-12-14-18(15-13-17)23-21-9-3-4-11-22(21)24-25-23/h1-2,4-8,10-15,22,24-25H,3,9H2. The fraction of sp³-hybridized carbons (Fsp3) is 0.130. The van der Waals surface area contributed by atoms with E-state index in [4.69, 9.17) is 0 Å². The summed E-state index contributed by atoms with van der Waals surface area (Å²) in [6, 6.07) is 24.4. The summed E-state index contributed by atoms with van der Waals surface area (Å²) in [6.07, 6.45) is 6.77. The van der Waals surface area contributed by atoms with E-state index in [0.717, 1.165) is 12.8 Å². The zero-order valence-electron chi connectivity index (χ0n) is 14.0. The Balaban J connectivity index is 1.55. The number of hydrogen-bond donors (Lipinski definition) is 2. The van der Waals surface area contributed by atoms with E-state index >= 15 is 0 Å². The van der Waals surface area contributed by atoms with E-state index < -0.39 is 0 Å². The van der Waals surface area contributed by atoms with E-state index in [1.54, 1.807) is 0 Å². The summed E-state index contributed by atoms with van der Waals surface area (Å²) in [5, 5.41) is 2.59. The van der Waals surface area contributed by atoms with Gasteiger partial charge in [0.15, 0.2) is 0 Å². The number of hydrazine groups is 1. The van der Waals surface area contributed by atoms with E-state index in [9.17, 15) is 0 Å². The van der Waals surface area contributed by atoms with Crippen molar-refractivity contribution in [2.45, 2.75) is 18.9 Å². The van der Waals surface area contributed by atoms with E-state index in [-0.39, 0.29) is 0 Å². The minimum Gasteiger partial charge on any atom is -0.320 e. The fourth-order valence-electron chi connectivity index (χ4n) is 3.94. The third kappa shape index (κ3) is 2.46. The van der Waals surface area contributed by atoms with Crippen LogP contribution in [0.25, 0.3) is 27.6 Å². The van der Waals surface area contributed by atoms with Crippen LogP contribution in [-0.4, -0.2) is 6.04 Å². The van der Waals surface area contributed by atoms with Crippen molar-refractivity contribution >= 4 is 16.5 Å². The number of hydrogen-bond acceptors (Lipinski definition) is 2. The van der Waals surface area contributed by atoms with Crippen molar-refractivity contribution in [3.05, 3.63) is 90.0 Å². The molecule has 3 aromatic rings. The minimum atomic E-state index is 0.349. The van der Waals surface area contributed by atoms with Crippen LogP contribution in [0, 0.1) is 0 Å².